The molecule has 2 N–H and O–H groups in total. The molecule has 0 fully saturated rings. The smallest absolute Gasteiger partial charge is 0.276 e. The Kier molecular flexibility index (Phi) is 4.20. The lowest BCUT2D eigenvalue weighted by Crippen LogP contribution is -2.72. The van der Waals surface area contributed by atoms with Crippen molar-refractivity contribution in [3.63, 3.8) is 0 Å². The van der Waals surface area contributed by atoms with Gasteiger partial charge in [-0.25, -0.2) is 0 Å². The second-order valence-corrected chi connectivity index (χ2v) is 6.09. The summed E-state index contributed by atoms with van der Waals surface area (Å²) in [5.74, 6) is 0.450. The molecular formula is C15H17N2O2S+. The Balaban J connectivity index is 2.30. The molecule has 0 aliphatic rings. The molecule has 0 heterocycles. The van der Waals surface area contributed by atoms with Gasteiger partial charge in [-0.1, -0.05) is 35.9 Å². The van der Waals surface area contributed by atoms with Crippen LogP contribution in [0.4, 0.5) is 0 Å². The van der Waals surface area contributed by atoms with E-state index in [-0.39, 0.29) is 4.90 Å². The van der Waals surface area contributed by atoms with Crippen LogP contribution in [-0.4, -0.2) is 21.3 Å². The summed E-state index contributed by atoms with van der Waals surface area (Å²) in [5.41, 5.74) is 1.80. The Morgan fingerprint density at radius 3 is 2.15 bits per heavy atom. The van der Waals surface area contributed by atoms with Crippen molar-refractivity contribution in [2.75, 3.05) is 7.05 Å². The van der Waals surface area contributed by atoms with Gasteiger partial charge in [-0.3, -0.25) is 4.99 Å². The third-order valence-corrected chi connectivity index (χ3v) is 4.25. The Labute approximate surface area is 119 Å². The number of benzene rings is 2. The summed E-state index contributed by atoms with van der Waals surface area (Å²) in [6, 6.07) is 16.0. The Morgan fingerprint density at radius 1 is 1.00 bits per heavy atom. The molecule has 2 aromatic carbocycles. The van der Waals surface area contributed by atoms with Gasteiger partial charge in [0.15, 0.2) is 0 Å². The van der Waals surface area contributed by atoms with Gasteiger partial charge in [0.05, 0.1) is 12.6 Å². The van der Waals surface area contributed by atoms with Gasteiger partial charge in [0.1, 0.15) is 4.90 Å². The van der Waals surface area contributed by atoms with Crippen molar-refractivity contribution in [3.05, 3.63) is 65.7 Å². The van der Waals surface area contributed by atoms with Gasteiger partial charge in [-0.05, 0) is 31.2 Å². The van der Waals surface area contributed by atoms with Crippen LogP contribution in [0.5, 0.6) is 0 Å². The lowest BCUT2D eigenvalue weighted by molar-refractivity contribution is -0.420. The van der Waals surface area contributed by atoms with Crippen LogP contribution in [0.3, 0.4) is 0 Å². The molecule has 0 bridgehead atoms. The molecule has 0 unspecified atom stereocenters. The van der Waals surface area contributed by atoms with Gasteiger partial charge in [0.25, 0.3) is 5.84 Å². The van der Waals surface area contributed by atoms with Crippen LogP contribution >= 0.6 is 0 Å². The van der Waals surface area contributed by atoms with E-state index in [4.69, 9.17) is 0 Å². The summed E-state index contributed by atoms with van der Waals surface area (Å²) in [6.45, 7) is 1.92. The van der Waals surface area contributed by atoms with Crippen LogP contribution in [0, 0.1) is 6.92 Å². The molecule has 5 heteroatoms. The monoisotopic (exact) mass is 289 g/mol. The van der Waals surface area contributed by atoms with E-state index < -0.39 is 10.0 Å². The molecule has 4 nitrogen and oxygen atoms in total. The highest BCUT2D eigenvalue weighted by molar-refractivity contribution is 7.90. The highest BCUT2D eigenvalue weighted by Crippen LogP contribution is 2.10. The topological polar surface area (TPSA) is 60.1 Å². The van der Waals surface area contributed by atoms with Crippen molar-refractivity contribution in [1.29, 1.82) is 0 Å². The van der Waals surface area contributed by atoms with Crippen molar-refractivity contribution in [2.45, 2.75) is 11.8 Å². The lowest BCUT2D eigenvalue weighted by Gasteiger charge is -2.04. The zero-order valence-corrected chi connectivity index (χ0v) is 12.2. The van der Waals surface area contributed by atoms with Crippen molar-refractivity contribution in [2.24, 2.45) is 0 Å². The van der Waals surface area contributed by atoms with Crippen LogP contribution in [0.1, 0.15) is 11.1 Å². The fraction of sp³-hybridized carbons (Fsp3) is 0.133. The average molecular weight is 289 g/mol. The first kappa shape index (κ1) is 14.3. The van der Waals surface area contributed by atoms with E-state index in [0.29, 0.717) is 5.84 Å². The molecule has 0 aliphatic carbocycles. The van der Waals surface area contributed by atoms with Crippen LogP contribution in [-0.2, 0) is 10.0 Å². The normalized spacial score (nSPS) is 12.2. The zero-order valence-electron chi connectivity index (χ0n) is 11.4. The van der Waals surface area contributed by atoms with E-state index in [1.807, 2.05) is 37.3 Å². The molecule has 2 aromatic rings. The predicted octanol–water partition coefficient (Wildman–Crippen LogP) is 0.431. The lowest BCUT2D eigenvalue weighted by atomic mass is 10.2. The predicted molar refractivity (Wildman–Crippen MR) is 78.9 cm³/mol. The molecule has 0 aliphatic heterocycles. The van der Waals surface area contributed by atoms with E-state index in [2.05, 4.69) is 9.71 Å². The first-order valence-corrected chi connectivity index (χ1v) is 7.71. The van der Waals surface area contributed by atoms with Crippen LogP contribution < -0.4 is 9.71 Å². The molecule has 0 atom stereocenters. The minimum absolute atomic E-state index is 0.242. The maximum atomic E-state index is 12.3. The summed E-state index contributed by atoms with van der Waals surface area (Å²) in [7, 11) is -1.91. The van der Waals surface area contributed by atoms with E-state index in [1.165, 1.54) is 0 Å². The summed E-state index contributed by atoms with van der Waals surface area (Å²) in [6.07, 6.45) is 0. The Hall–Kier alpha value is -2.14. The van der Waals surface area contributed by atoms with Crippen molar-refractivity contribution < 1.29 is 13.4 Å². The summed E-state index contributed by atoms with van der Waals surface area (Å²) in [5, 5.41) is 0. The highest BCUT2D eigenvalue weighted by atomic mass is 32.2. The molecule has 104 valence electrons. The average Bonchev–Trinajstić information content (AvgIpc) is 2.46. The van der Waals surface area contributed by atoms with Crippen molar-refractivity contribution in [3.8, 4) is 0 Å². The number of hydrogen-bond acceptors (Lipinski definition) is 2. The molecule has 0 amide bonds. The van der Waals surface area contributed by atoms with E-state index >= 15 is 0 Å². The standard InChI is InChI=1S/C15H16N2O2S/c1-12-8-10-14(11-9-12)20(18,19)17-15(16-2)13-6-4-3-5-7-13/h3-11H,1-2H3,(H,16,17)/p+1. The largest absolute Gasteiger partial charge is 0.328 e. The first-order chi connectivity index (χ1) is 9.53. The van der Waals surface area contributed by atoms with Gasteiger partial charge in [0, 0.05) is 0 Å². The second kappa shape index (κ2) is 5.88. The minimum atomic E-state index is -3.59. The number of amidine groups is 1. The van der Waals surface area contributed by atoms with Gasteiger partial charge >= 0.3 is 10.0 Å². The third-order valence-electron chi connectivity index (χ3n) is 2.88. The maximum Gasteiger partial charge on any atom is 0.328 e. The van der Waals surface area contributed by atoms with Crippen molar-refractivity contribution >= 4 is 15.9 Å². The molecule has 0 radical (unpaired) electrons. The van der Waals surface area contributed by atoms with Gasteiger partial charge in [-0.2, -0.15) is 13.1 Å². The maximum absolute atomic E-state index is 12.3. The minimum Gasteiger partial charge on any atom is -0.276 e. The van der Waals surface area contributed by atoms with Gasteiger partial charge in [-0.15, -0.1) is 0 Å². The van der Waals surface area contributed by atoms with Crippen molar-refractivity contribution in [1.82, 2.24) is 4.72 Å². The molecule has 0 saturated heterocycles. The number of nitrogens with one attached hydrogen (secondary N) is 2. The molecule has 0 saturated carbocycles. The second-order valence-electron chi connectivity index (χ2n) is 4.41. The highest BCUT2D eigenvalue weighted by Gasteiger charge is 2.22. The number of rotatable bonds is 3. The number of aryl methyl sites for hydroxylation is 1. The van der Waals surface area contributed by atoms with Gasteiger partial charge in [0.2, 0.25) is 0 Å². The molecule has 0 aromatic heterocycles. The summed E-state index contributed by atoms with van der Waals surface area (Å²) >= 11 is 0. The fourth-order valence-corrected chi connectivity index (χ4v) is 2.87. The number of hydrogen-bond donors (Lipinski definition) is 2. The van der Waals surface area contributed by atoms with Crippen LogP contribution in [0.2, 0.25) is 0 Å². The van der Waals surface area contributed by atoms with Crippen LogP contribution in [0.25, 0.3) is 0 Å². The van der Waals surface area contributed by atoms with E-state index in [9.17, 15) is 8.42 Å². The quantitative estimate of drug-likeness (QED) is 0.636. The molecular weight excluding hydrogens is 272 g/mol. The SMILES string of the molecule is C[NH+]=C(NS(=O)(=O)c1ccc(C)cc1)c1ccccc1. The molecule has 20 heavy (non-hydrogen) atoms. The molecule has 0 spiro atoms. The summed E-state index contributed by atoms with van der Waals surface area (Å²) < 4.78 is 27.2. The fourth-order valence-electron chi connectivity index (χ4n) is 1.77. The Morgan fingerprint density at radius 2 is 1.60 bits per heavy atom. The van der Waals surface area contributed by atoms with E-state index in [0.717, 1.165) is 11.1 Å². The van der Waals surface area contributed by atoms with Gasteiger partial charge < -0.3 is 0 Å². The first-order valence-electron chi connectivity index (χ1n) is 6.22. The zero-order chi connectivity index (χ0) is 14.6. The van der Waals surface area contributed by atoms with Crippen LogP contribution in [0.15, 0.2) is 59.5 Å². The third kappa shape index (κ3) is 3.24. The van der Waals surface area contributed by atoms with E-state index in [1.54, 1.807) is 31.3 Å². The Bertz CT molecular complexity index is 705. The molecule has 2 rings (SSSR count). The number of sulfonamides is 1. The summed E-state index contributed by atoms with van der Waals surface area (Å²) in [4.78, 5) is 3.12.